The molecule has 0 aromatic rings. The fourth-order valence-corrected chi connectivity index (χ4v) is 3.65. The molecule has 2 heterocycles. The van der Waals surface area contributed by atoms with E-state index in [0.29, 0.717) is 0 Å². The van der Waals surface area contributed by atoms with Crippen LogP contribution in [-0.2, 0) is 0 Å². The van der Waals surface area contributed by atoms with Gasteiger partial charge in [-0.1, -0.05) is 0 Å². The van der Waals surface area contributed by atoms with Crippen LogP contribution in [0, 0.1) is 0 Å². The second kappa shape index (κ2) is 4.98. The highest BCUT2D eigenvalue weighted by Gasteiger charge is 2.43. The lowest BCUT2D eigenvalue weighted by Gasteiger charge is -2.43. The van der Waals surface area contributed by atoms with E-state index in [-0.39, 0.29) is 17.0 Å². The Kier molecular flexibility index (Phi) is 4.45. The summed E-state index contributed by atoms with van der Waals surface area (Å²) >= 11 is 0. The molecule has 0 N–H and O–H groups in total. The van der Waals surface area contributed by atoms with Crippen molar-refractivity contribution in [3.63, 3.8) is 0 Å². The molecule has 0 amide bonds. The minimum Gasteiger partial charge on any atom is -1.00 e. The molecule has 2 rings (SSSR count). The molecule has 0 aliphatic carbocycles. The topological polar surface area (TPSA) is 0 Å². The fraction of sp³-hybridized carbons (Fsp3) is 1.00. The van der Waals surface area contributed by atoms with Crippen molar-refractivity contribution in [2.45, 2.75) is 64.5 Å². The van der Waals surface area contributed by atoms with Gasteiger partial charge in [0, 0.05) is 12.8 Å². The second-order valence-electron chi connectivity index (χ2n) is 5.24. The molecule has 1 spiro atoms. The molecule has 0 bridgehead atoms. The summed E-state index contributed by atoms with van der Waals surface area (Å²) in [7, 11) is 0. The lowest BCUT2D eigenvalue weighted by Crippen LogP contribution is -3.00. The number of rotatable bonds is 0. The average molecular weight is 262 g/mol. The maximum atomic E-state index is 2.49. The average Bonchev–Trinajstić information content (AvgIpc) is 2.36. The summed E-state index contributed by atoms with van der Waals surface area (Å²) in [5.74, 6) is 0. The molecule has 1 nitrogen and oxygen atoms in total. The van der Waals surface area contributed by atoms with Crippen molar-refractivity contribution >= 4 is 0 Å². The van der Waals surface area contributed by atoms with E-state index in [4.69, 9.17) is 0 Å². The van der Waals surface area contributed by atoms with Gasteiger partial charge in [0.1, 0.15) is 0 Å². The minimum atomic E-state index is 0. The first-order valence-corrected chi connectivity index (χ1v) is 6.12. The number of nitrogens with zero attached hydrogens (tertiary/aromatic N) is 1. The quantitative estimate of drug-likeness (QED) is 0.537. The Morgan fingerprint density at radius 3 is 2.00 bits per heavy atom. The molecular formula is C12H24BrN. The third-order valence-electron chi connectivity index (χ3n) is 4.65. The number of halogens is 1. The van der Waals surface area contributed by atoms with Crippen LogP contribution in [0.2, 0.25) is 0 Å². The summed E-state index contributed by atoms with van der Waals surface area (Å²) in [5.41, 5.74) is 0. The zero-order valence-corrected chi connectivity index (χ0v) is 11.2. The zero-order valence-electron chi connectivity index (χ0n) is 9.64. The summed E-state index contributed by atoms with van der Waals surface area (Å²) in [5, 5.41) is 0. The van der Waals surface area contributed by atoms with Gasteiger partial charge in [0.15, 0.2) is 0 Å². The van der Waals surface area contributed by atoms with Crippen LogP contribution in [-0.4, -0.2) is 29.7 Å². The van der Waals surface area contributed by atoms with Crippen LogP contribution in [0.5, 0.6) is 0 Å². The third kappa shape index (κ3) is 2.01. The lowest BCUT2D eigenvalue weighted by atomic mass is 10.1. The summed E-state index contributed by atoms with van der Waals surface area (Å²) in [4.78, 5) is 0. The number of quaternary nitrogens is 1. The summed E-state index contributed by atoms with van der Waals surface area (Å²) < 4.78 is 1.47. The number of hydrogen-bond acceptors (Lipinski definition) is 0. The van der Waals surface area contributed by atoms with Gasteiger partial charge in [-0.15, -0.1) is 0 Å². The third-order valence-corrected chi connectivity index (χ3v) is 4.65. The van der Waals surface area contributed by atoms with Gasteiger partial charge in [-0.2, -0.15) is 0 Å². The van der Waals surface area contributed by atoms with Gasteiger partial charge in [0.25, 0.3) is 0 Å². The Hall–Kier alpha value is 0.440. The predicted octanol–water partition coefficient (Wildman–Crippen LogP) is -0.0480. The highest BCUT2D eigenvalue weighted by Crippen LogP contribution is 2.34. The first-order valence-electron chi connectivity index (χ1n) is 6.12. The van der Waals surface area contributed by atoms with Crippen molar-refractivity contribution in [2.24, 2.45) is 0 Å². The van der Waals surface area contributed by atoms with Gasteiger partial charge in [0.2, 0.25) is 0 Å². The Morgan fingerprint density at radius 2 is 1.36 bits per heavy atom. The van der Waals surface area contributed by atoms with E-state index in [2.05, 4.69) is 13.8 Å². The van der Waals surface area contributed by atoms with Crippen LogP contribution in [0.15, 0.2) is 0 Å². The maximum Gasteiger partial charge on any atom is 0.0866 e. The van der Waals surface area contributed by atoms with E-state index in [1.807, 2.05) is 0 Å². The SMILES string of the molecule is CC1CCCCC[N+]12CCCC2C.[Br-]. The van der Waals surface area contributed by atoms with Crippen LogP contribution < -0.4 is 17.0 Å². The Labute approximate surface area is 99.2 Å². The lowest BCUT2D eigenvalue weighted by molar-refractivity contribution is -0.958. The van der Waals surface area contributed by atoms with E-state index < -0.39 is 0 Å². The van der Waals surface area contributed by atoms with Crippen molar-refractivity contribution in [2.75, 3.05) is 13.1 Å². The molecule has 3 atom stereocenters. The van der Waals surface area contributed by atoms with Gasteiger partial charge >= 0.3 is 0 Å². The minimum absolute atomic E-state index is 0. The van der Waals surface area contributed by atoms with Crippen LogP contribution in [0.1, 0.15) is 52.4 Å². The Balaban J connectivity index is 0.000000980. The zero-order chi connectivity index (χ0) is 9.31. The highest BCUT2D eigenvalue weighted by molar-refractivity contribution is 4.71. The Bertz CT molecular complexity index is 183. The van der Waals surface area contributed by atoms with Gasteiger partial charge < -0.3 is 21.5 Å². The highest BCUT2D eigenvalue weighted by atomic mass is 79.9. The molecule has 14 heavy (non-hydrogen) atoms. The summed E-state index contributed by atoms with van der Waals surface area (Å²) in [6.45, 7) is 7.92. The number of hydrogen-bond donors (Lipinski definition) is 0. The van der Waals surface area contributed by atoms with Gasteiger partial charge in [-0.25, -0.2) is 0 Å². The van der Waals surface area contributed by atoms with Crippen LogP contribution in [0.4, 0.5) is 0 Å². The molecule has 3 unspecified atom stereocenters. The molecule has 2 fully saturated rings. The smallest absolute Gasteiger partial charge is 0.0866 e. The van der Waals surface area contributed by atoms with Crippen molar-refractivity contribution in [3.8, 4) is 0 Å². The van der Waals surface area contributed by atoms with E-state index in [9.17, 15) is 0 Å². The van der Waals surface area contributed by atoms with Gasteiger partial charge in [-0.3, -0.25) is 0 Å². The molecule has 2 heteroatoms. The second-order valence-corrected chi connectivity index (χ2v) is 5.24. The van der Waals surface area contributed by atoms with Crippen molar-refractivity contribution in [1.82, 2.24) is 0 Å². The van der Waals surface area contributed by atoms with E-state index >= 15 is 0 Å². The normalized spacial score (nSPS) is 43.3. The molecule has 2 aliphatic rings. The predicted molar refractivity (Wildman–Crippen MR) is 56.6 cm³/mol. The molecule has 0 aromatic carbocycles. The van der Waals surface area contributed by atoms with Crippen molar-refractivity contribution in [1.29, 1.82) is 0 Å². The largest absolute Gasteiger partial charge is 1.00 e. The van der Waals surface area contributed by atoms with Crippen LogP contribution in [0.3, 0.4) is 0 Å². The standard InChI is InChI=1S/C12H24N.BrH/c1-11-7-4-3-5-9-13(11)10-6-8-12(13)2;/h11-12H,3-10H2,1-2H3;1H/q+1;/p-1. The Morgan fingerprint density at radius 1 is 0.786 bits per heavy atom. The molecule has 0 saturated carbocycles. The molecule has 0 aromatic heterocycles. The van der Waals surface area contributed by atoms with E-state index in [1.165, 1.54) is 56.1 Å². The molecular weight excluding hydrogens is 238 g/mol. The molecule has 0 radical (unpaired) electrons. The van der Waals surface area contributed by atoms with E-state index in [0.717, 1.165) is 12.1 Å². The van der Waals surface area contributed by atoms with Crippen LogP contribution in [0.25, 0.3) is 0 Å². The molecule has 84 valence electrons. The van der Waals surface area contributed by atoms with Crippen LogP contribution >= 0.6 is 0 Å². The first kappa shape index (κ1) is 12.5. The van der Waals surface area contributed by atoms with Crippen molar-refractivity contribution < 1.29 is 21.5 Å². The molecule has 2 saturated heterocycles. The van der Waals surface area contributed by atoms with Gasteiger partial charge in [0.05, 0.1) is 25.2 Å². The molecule has 2 aliphatic heterocycles. The monoisotopic (exact) mass is 261 g/mol. The van der Waals surface area contributed by atoms with E-state index in [1.54, 1.807) is 0 Å². The first-order chi connectivity index (χ1) is 6.26. The summed E-state index contributed by atoms with van der Waals surface area (Å²) in [6, 6.07) is 1.90. The van der Waals surface area contributed by atoms with Crippen molar-refractivity contribution in [3.05, 3.63) is 0 Å². The fourth-order valence-electron chi connectivity index (χ4n) is 3.65. The van der Waals surface area contributed by atoms with Gasteiger partial charge in [-0.05, 0) is 39.5 Å². The maximum absolute atomic E-state index is 2.49. The summed E-state index contributed by atoms with van der Waals surface area (Å²) in [6.07, 6.45) is 8.87.